The van der Waals surface area contributed by atoms with E-state index in [4.69, 9.17) is 11.5 Å². The third-order valence-electron chi connectivity index (χ3n) is 3.22. The highest BCUT2D eigenvalue weighted by Gasteiger charge is 2.25. The van der Waals surface area contributed by atoms with Crippen molar-refractivity contribution in [2.75, 3.05) is 6.54 Å². The van der Waals surface area contributed by atoms with Crippen LogP contribution in [-0.4, -0.2) is 12.6 Å². The van der Waals surface area contributed by atoms with Crippen LogP contribution in [0.25, 0.3) is 0 Å². The first kappa shape index (κ1) is 10.0. The van der Waals surface area contributed by atoms with Gasteiger partial charge in [0.15, 0.2) is 0 Å². The molecule has 0 amide bonds. The van der Waals surface area contributed by atoms with Crippen molar-refractivity contribution in [3.63, 3.8) is 0 Å². The summed E-state index contributed by atoms with van der Waals surface area (Å²) >= 11 is 0. The fraction of sp³-hybridized carbons (Fsp3) is 1.00. The van der Waals surface area contributed by atoms with Gasteiger partial charge in [-0.3, -0.25) is 0 Å². The molecule has 2 nitrogen and oxygen atoms in total. The first-order valence-electron chi connectivity index (χ1n) is 5.21. The zero-order valence-corrected chi connectivity index (χ0v) is 8.13. The second kappa shape index (κ2) is 4.83. The average Bonchev–Trinajstić information content (AvgIpc) is 2.55. The molecule has 0 aromatic heterocycles. The van der Waals surface area contributed by atoms with Crippen molar-refractivity contribution in [2.45, 2.75) is 45.1 Å². The molecule has 1 fully saturated rings. The van der Waals surface area contributed by atoms with E-state index in [9.17, 15) is 0 Å². The fourth-order valence-corrected chi connectivity index (χ4v) is 2.26. The lowest BCUT2D eigenvalue weighted by molar-refractivity contribution is 0.318. The molecular formula is C10H22N2. The zero-order chi connectivity index (χ0) is 8.97. The predicted octanol–water partition coefficient (Wildman–Crippen LogP) is 1.49. The van der Waals surface area contributed by atoms with Gasteiger partial charge in [-0.1, -0.05) is 19.8 Å². The highest BCUT2D eigenvalue weighted by molar-refractivity contribution is 4.81. The average molecular weight is 170 g/mol. The number of rotatable bonds is 4. The Hall–Kier alpha value is -0.0800. The smallest absolute Gasteiger partial charge is 0.00934 e. The van der Waals surface area contributed by atoms with E-state index in [2.05, 4.69) is 6.92 Å². The molecule has 72 valence electrons. The maximum Gasteiger partial charge on any atom is 0.00934 e. The molecule has 0 aliphatic heterocycles. The number of hydrogen-bond acceptors (Lipinski definition) is 2. The lowest BCUT2D eigenvalue weighted by Crippen LogP contribution is -2.36. The van der Waals surface area contributed by atoms with E-state index in [0.29, 0.717) is 12.0 Å². The lowest BCUT2D eigenvalue weighted by atomic mass is 9.87. The van der Waals surface area contributed by atoms with Gasteiger partial charge in [-0.2, -0.15) is 0 Å². The van der Waals surface area contributed by atoms with Gasteiger partial charge in [-0.15, -0.1) is 0 Å². The van der Waals surface area contributed by atoms with Crippen molar-refractivity contribution in [3.05, 3.63) is 0 Å². The standard InChI is InChI=1S/C10H22N2/c1-8(6-7-11)10(12)9-4-2-3-5-9/h8-10H,2-7,11-12H2,1H3. The van der Waals surface area contributed by atoms with Gasteiger partial charge in [0.1, 0.15) is 0 Å². The van der Waals surface area contributed by atoms with Crippen molar-refractivity contribution in [1.29, 1.82) is 0 Å². The van der Waals surface area contributed by atoms with E-state index in [0.717, 1.165) is 18.9 Å². The Kier molecular flexibility index (Phi) is 4.02. The van der Waals surface area contributed by atoms with Crippen LogP contribution in [0, 0.1) is 11.8 Å². The summed E-state index contributed by atoms with van der Waals surface area (Å²) in [6.45, 7) is 3.01. The summed E-state index contributed by atoms with van der Waals surface area (Å²) in [6, 6.07) is 0.399. The largest absolute Gasteiger partial charge is 0.330 e. The highest BCUT2D eigenvalue weighted by Crippen LogP contribution is 2.30. The highest BCUT2D eigenvalue weighted by atomic mass is 14.7. The van der Waals surface area contributed by atoms with Gasteiger partial charge in [0.05, 0.1) is 0 Å². The van der Waals surface area contributed by atoms with Crippen LogP contribution in [0.2, 0.25) is 0 Å². The maximum atomic E-state index is 6.15. The quantitative estimate of drug-likeness (QED) is 0.671. The second-order valence-corrected chi connectivity index (χ2v) is 4.18. The summed E-state index contributed by atoms with van der Waals surface area (Å²) in [7, 11) is 0. The van der Waals surface area contributed by atoms with Crippen LogP contribution in [-0.2, 0) is 0 Å². The van der Waals surface area contributed by atoms with Crippen LogP contribution in [0.5, 0.6) is 0 Å². The molecule has 0 spiro atoms. The maximum absolute atomic E-state index is 6.15. The van der Waals surface area contributed by atoms with Gasteiger partial charge in [0, 0.05) is 6.04 Å². The van der Waals surface area contributed by atoms with Gasteiger partial charge in [-0.05, 0) is 37.6 Å². The molecular weight excluding hydrogens is 148 g/mol. The molecule has 1 aliphatic rings. The molecule has 1 rings (SSSR count). The van der Waals surface area contributed by atoms with Crippen LogP contribution in [0.3, 0.4) is 0 Å². The Labute approximate surface area is 75.7 Å². The zero-order valence-electron chi connectivity index (χ0n) is 8.13. The van der Waals surface area contributed by atoms with Crippen LogP contribution >= 0.6 is 0 Å². The first-order valence-corrected chi connectivity index (χ1v) is 5.21. The van der Waals surface area contributed by atoms with E-state index in [-0.39, 0.29) is 0 Å². The molecule has 0 aromatic carbocycles. The second-order valence-electron chi connectivity index (χ2n) is 4.18. The van der Waals surface area contributed by atoms with Gasteiger partial charge >= 0.3 is 0 Å². The van der Waals surface area contributed by atoms with Crippen LogP contribution in [0.4, 0.5) is 0 Å². The van der Waals surface area contributed by atoms with Crippen molar-refractivity contribution in [2.24, 2.45) is 23.3 Å². The number of hydrogen-bond donors (Lipinski definition) is 2. The molecule has 2 unspecified atom stereocenters. The van der Waals surface area contributed by atoms with E-state index in [1.54, 1.807) is 0 Å². The monoisotopic (exact) mass is 170 g/mol. The molecule has 1 aliphatic carbocycles. The number of nitrogens with two attached hydrogens (primary N) is 2. The molecule has 2 atom stereocenters. The van der Waals surface area contributed by atoms with Gasteiger partial charge in [-0.25, -0.2) is 0 Å². The predicted molar refractivity (Wildman–Crippen MR) is 52.8 cm³/mol. The molecule has 12 heavy (non-hydrogen) atoms. The van der Waals surface area contributed by atoms with Crippen molar-refractivity contribution in [1.82, 2.24) is 0 Å². The molecule has 2 heteroatoms. The Balaban J connectivity index is 2.29. The molecule has 0 saturated heterocycles. The van der Waals surface area contributed by atoms with E-state index < -0.39 is 0 Å². The summed E-state index contributed by atoms with van der Waals surface area (Å²) in [5.74, 6) is 1.39. The molecule has 4 N–H and O–H groups in total. The topological polar surface area (TPSA) is 52.0 Å². The van der Waals surface area contributed by atoms with Gasteiger partial charge in [0.25, 0.3) is 0 Å². The third kappa shape index (κ3) is 2.46. The molecule has 0 aromatic rings. The normalized spacial score (nSPS) is 24.2. The summed E-state index contributed by atoms with van der Waals surface area (Å²) in [4.78, 5) is 0. The van der Waals surface area contributed by atoms with Crippen LogP contribution in [0.1, 0.15) is 39.0 Å². The SMILES string of the molecule is CC(CCN)C(N)C1CCCC1. The summed E-state index contributed by atoms with van der Waals surface area (Å²) in [5, 5.41) is 0. The Morgan fingerprint density at radius 1 is 1.33 bits per heavy atom. The molecule has 0 bridgehead atoms. The molecule has 1 saturated carbocycles. The minimum Gasteiger partial charge on any atom is -0.330 e. The van der Waals surface area contributed by atoms with Crippen LogP contribution in [0.15, 0.2) is 0 Å². The third-order valence-corrected chi connectivity index (χ3v) is 3.22. The van der Waals surface area contributed by atoms with Crippen molar-refractivity contribution < 1.29 is 0 Å². The van der Waals surface area contributed by atoms with E-state index >= 15 is 0 Å². The minimum atomic E-state index is 0.399. The summed E-state index contributed by atoms with van der Waals surface area (Å²) in [5.41, 5.74) is 11.7. The molecule has 0 heterocycles. The van der Waals surface area contributed by atoms with Crippen molar-refractivity contribution >= 4 is 0 Å². The Morgan fingerprint density at radius 2 is 1.92 bits per heavy atom. The Bertz CT molecular complexity index is 119. The lowest BCUT2D eigenvalue weighted by Gasteiger charge is -2.25. The van der Waals surface area contributed by atoms with E-state index in [1.165, 1.54) is 25.7 Å². The van der Waals surface area contributed by atoms with Crippen molar-refractivity contribution in [3.8, 4) is 0 Å². The summed E-state index contributed by atoms with van der Waals surface area (Å²) < 4.78 is 0. The van der Waals surface area contributed by atoms with Crippen LogP contribution < -0.4 is 11.5 Å². The first-order chi connectivity index (χ1) is 5.75. The van der Waals surface area contributed by atoms with Gasteiger partial charge in [0.2, 0.25) is 0 Å². The summed E-state index contributed by atoms with van der Waals surface area (Å²) in [6.07, 6.45) is 6.53. The van der Waals surface area contributed by atoms with E-state index in [1.807, 2.05) is 0 Å². The molecule has 0 radical (unpaired) electrons. The van der Waals surface area contributed by atoms with Gasteiger partial charge < -0.3 is 11.5 Å². The fourth-order valence-electron chi connectivity index (χ4n) is 2.26. The Morgan fingerprint density at radius 3 is 2.42 bits per heavy atom. The minimum absolute atomic E-state index is 0.399.